The number of nitrogens with two attached hydrogens (primary N) is 1. The highest BCUT2D eigenvalue weighted by atomic mass is 16.5. The Morgan fingerprint density at radius 1 is 1.05 bits per heavy atom. The Morgan fingerprint density at radius 2 is 1.67 bits per heavy atom. The highest BCUT2D eigenvalue weighted by molar-refractivity contribution is 5.98. The van der Waals surface area contributed by atoms with Crippen molar-refractivity contribution < 1.29 is 19.1 Å². The van der Waals surface area contributed by atoms with E-state index in [1.807, 2.05) is 72.5 Å². The second-order valence-electron chi connectivity index (χ2n) is 11.6. The molecule has 4 N–H and O–H groups in total. The number of nitrogens with one attached hydrogen (secondary N) is 2. The summed E-state index contributed by atoms with van der Waals surface area (Å²) in [5, 5.41) is 5.54. The Kier molecular flexibility index (Phi) is 10.1. The molecule has 1 unspecified atom stereocenters. The second kappa shape index (κ2) is 13.8. The first kappa shape index (κ1) is 30.9. The Hall–Kier alpha value is -4.02. The van der Waals surface area contributed by atoms with Gasteiger partial charge >= 0.3 is 0 Å². The number of aromatic nitrogens is 2. The van der Waals surface area contributed by atoms with Crippen LogP contribution < -0.4 is 16.4 Å². The van der Waals surface area contributed by atoms with Crippen LogP contribution in [-0.2, 0) is 25.7 Å². The molecule has 0 radical (unpaired) electrons. The van der Waals surface area contributed by atoms with Gasteiger partial charge in [0, 0.05) is 13.1 Å². The highest BCUT2D eigenvalue weighted by Gasteiger charge is 2.32. The number of hydrogen-bond donors (Lipinski definition) is 3. The van der Waals surface area contributed by atoms with E-state index in [-0.39, 0.29) is 19.1 Å². The van der Waals surface area contributed by atoms with Crippen LogP contribution in [-0.4, -0.2) is 63.4 Å². The lowest BCUT2D eigenvalue weighted by atomic mass is 9.97. The summed E-state index contributed by atoms with van der Waals surface area (Å²) in [6.07, 6.45) is 3.52. The SMILES string of the molecule is Cc1c(NC(=O)[C@@H](COCc2ccccc2)NC(=O)C(C)(C)N)ncn1C(C(=O)N1CCC(C)CC1)c1ccccc1. The number of hydrogen-bond acceptors (Lipinski definition) is 6. The molecule has 2 aromatic carbocycles. The number of likely N-dealkylation sites (tertiary alicyclic amines) is 1. The van der Waals surface area contributed by atoms with Gasteiger partial charge in [0.05, 0.1) is 30.8 Å². The van der Waals surface area contributed by atoms with Crippen molar-refractivity contribution in [2.45, 2.75) is 64.8 Å². The van der Waals surface area contributed by atoms with Crippen LogP contribution >= 0.6 is 0 Å². The van der Waals surface area contributed by atoms with E-state index >= 15 is 0 Å². The third-order valence-corrected chi connectivity index (χ3v) is 7.61. The summed E-state index contributed by atoms with van der Waals surface area (Å²) in [6.45, 7) is 8.78. The molecule has 10 heteroatoms. The van der Waals surface area contributed by atoms with Gasteiger partial charge in [0.1, 0.15) is 12.1 Å². The predicted molar refractivity (Wildman–Crippen MR) is 161 cm³/mol. The van der Waals surface area contributed by atoms with Gasteiger partial charge in [-0.3, -0.25) is 14.4 Å². The molecule has 0 bridgehead atoms. The monoisotopic (exact) mass is 574 g/mol. The Balaban J connectivity index is 1.54. The minimum atomic E-state index is -1.19. The topological polar surface area (TPSA) is 132 Å². The zero-order chi connectivity index (χ0) is 30.3. The molecule has 1 fully saturated rings. The number of amides is 3. The number of rotatable bonds is 11. The zero-order valence-electron chi connectivity index (χ0n) is 24.9. The molecule has 10 nitrogen and oxygen atoms in total. The highest BCUT2D eigenvalue weighted by Crippen LogP contribution is 2.28. The number of benzene rings is 2. The third kappa shape index (κ3) is 7.83. The van der Waals surface area contributed by atoms with Crippen molar-refractivity contribution in [2.24, 2.45) is 11.7 Å². The molecule has 1 aliphatic heterocycles. The fraction of sp³-hybridized carbons (Fsp3) is 0.438. The van der Waals surface area contributed by atoms with E-state index in [4.69, 9.17) is 10.5 Å². The van der Waals surface area contributed by atoms with Crippen LogP contribution in [0.25, 0.3) is 0 Å². The molecule has 224 valence electrons. The van der Waals surface area contributed by atoms with Crippen molar-refractivity contribution in [1.29, 1.82) is 0 Å². The Morgan fingerprint density at radius 3 is 2.29 bits per heavy atom. The molecular weight excluding hydrogens is 532 g/mol. The van der Waals surface area contributed by atoms with Gasteiger partial charge in [0.25, 0.3) is 5.91 Å². The fourth-order valence-corrected chi connectivity index (χ4v) is 4.86. The number of carbonyl (C=O) groups excluding carboxylic acids is 3. The number of piperidine rings is 1. The number of nitrogens with zero attached hydrogens (tertiary/aromatic N) is 3. The average molecular weight is 575 g/mol. The number of ether oxygens (including phenoxy) is 1. The van der Waals surface area contributed by atoms with Crippen LogP contribution in [0.1, 0.15) is 56.5 Å². The maximum atomic E-state index is 13.9. The van der Waals surface area contributed by atoms with Gasteiger partial charge in [-0.05, 0) is 50.7 Å². The molecule has 4 rings (SSSR count). The van der Waals surface area contributed by atoms with Crippen LogP contribution in [0.4, 0.5) is 5.82 Å². The third-order valence-electron chi connectivity index (χ3n) is 7.61. The van der Waals surface area contributed by atoms with E-state index in [1.165, 1.54) is 0 Å². The van der Waals surface area contributed by atoms with Crippen LogP contribution in [0, 0.1) is 12.8 Å². The molecule has 42 heavy (non-hydrogen) atoms. The zero-order valence-corrected chi connectivity index (χ0v) is 24.9. The summed E-state index contributed by atoms with van der Waals surface area (Å²) < 4.78 is 7.60. The summed E-state index contributed by atoms with van der Waals surface area (Å²) in [4.78, 5) is 46.4. The summed E-state index contributed by atoms with van der Waals surface area (Å²) in [7, 11) is 0. The van der Waals surface area contributed by atoms with Gasteiger partial charge in [-0.2, -0.15) is 0 Å². The molecule has 1 saturated heterocycles. The van der Waals surface area contributed by atoms with E-state index in [9.17, 15) is 14.4 Å². The molecule has 2 heterocycles. The molecule has 0 spiro atoms. The summed E-state index contributed by atoms with van der Waals surface area (Å²) in [6, 6.07) is 17.5. The average Bonchev–Trinajstić information content (AvgIpc) is 3.32. The van der Waals surface area contributed by atoms with Crippen molar-refractivity contribution in [3.05, 3.63) is 83.8 Å². The lowest BCUT2D eigenvalue weighted by Gasteiger charge is -2.33. The van der Waals surface area contributed by atoms with Gasteiger partial charge < -0.3 is 30.6 Å². The maximum absolute atomic E-state index is 13.9. The first-order valence-electron chi connectivity index (χ1n) is 14.4. The molecule has 2 atom stereocenters. The molecule has 0 aliphatic carbocycles. The summed E-state index contributed by atoms with van der Waals surface area (Å²) in [5.74, 6) is -0.0946. The van der Waals surface area contributed by atoms with E-state index in [2.05, 4.69) is 22.5 Å². The first-order valence-corrected chi connectivity index (χ1v) is 14.4. The first-order chi connectivity index (χ1) is 20.0. The molecule has 1 aliphatic rings. The van der Waals surface area contributed by atoms with Gasteiger partial charge in [0.2, 0.25) is 11.8 Å². The minimum absolute atomic E-state index is 0.00361. The largest absolute Gasteiger partial charge is 0.374 e. The summed E-state index contributed by atoms with van der Waals surface area (Å²) >= 11 is 0. The maximum Gasteiger partial charge on any atom is 0.250 e. The van der Waals surface area contributed by atoms with Gasteiger partial charge in [-0.15, -0.1) is 0 Å². The van der Waals surface area contributed by atoms with Gasteiger partial charge in [-0.1, -0.05) is 67.6 Å². The lowest BCUT2D eigenvalue weighted by molar-refractivity contribution is -0.135. The smallest absolute Gasteiger partial charge is 0.250 e. The van der Waals surface area contributed by atoms with E-state index in [0.29, 0.717) is 30.5 Å². The predicted octanol–water partition coefficient (Wildman–Crippen LogP) is 3.42. The Labute approximate surface area is 247 Å². The quantitative estimate of drug-likeness (QED) is 0.322. The normalized spacial score (nSPS) is 15.6. The molecule has 3 amide bonds. The second-order valence-corrected chi connectivity index (χ2v) is 11.6. The van der Waals surface area contributed by atoms with E-state index < -0.39 is 29.4 Å². The molecule has 0 saturated carbocycles. The van der Waals surface area contributed by atoms with Crippen LogP contribution in [0.15, 0.2) is 67.0 Å². The number of imidazole rings is 1. The standard InChI is InChI=1S/C32H42N6O4/c1-22-15-17-37(18-16-22)30(40)27(25-13-9-6-10-14-25)38-21-34-28(23(38)2)36-29(39)26(35-31(41)32(3,4)33)20-42-19-24-11-7-5-8-12-24/h5-14,21-22,26-27H,15-20,33H2,1-4H3,(H,35,41)(H,36,39)/t26-,27?/m1/s1. The van der Waals surface area contributed by atoms with Crippen molar-refractivity contribution in [3.8, 4) is 0 Å². The van der Waals surface area contributed by atoms with Crippen LogP contribution in [0.5, 0.6) is 0 Å². The van der Waals surface area contributed by atoms with Crippen molar-refractivity contribution in [3.63, 3.8) is 0 Å². The molecular formula is C32H42N6O4. The van der Waals surface area contributed by atoms with E-state index in [1.54, 1.807) is 24.7 Å². The number of anilines is 1. The Bertz CT molecular complexity index is 1340. The van der Waals surface area contributed by atoms with Crippen molar-refractivity contribution >= 4 is 23.5 Å². The van der Waals surface area contributed by atoms with Gasteiger partial charge in [-0.25, -0.2) is 4.98 Å². The molecule has 1 aromatic heterocycles. The lowest BCUT2D eigenvalue weighted by Crippen LogP contribution is -2.56. The van der Waals surface area contributed by atoms with E-state index in [0.717, 1.165) is 24.0 Å². The minimum Gasteiger partial charge on any atom is -0.374 e. The summed E-state index contributed by atoms with van der Waals surface area (Å²) in [5.41, 5.74) is 7.18. The molecule has 3 aromatic rings. The van der Waals surface area contributed by atoms with Crippen molar-refractivity contribution in [1.82, 2.24) is 19.8 Å². The van der Waals surface area contributed by atoms with Crippen molar-refractivity contribution in [2.75, 3.05) is 25.0 Å². The van der Waals surface area contributed by atoms with Crippen LogP contribution in [0.3, 0.4) is 0 Å². The number of carbonyl (C=O) groups is 3. The van der Waals surface area contributed by atoms with Crippen LogP contribution in [0.2, 0.25) is 0 Å². The van der Waals surface area contributed by atoms with Gasteiger partial charge in [0.15, 0.2) is 5.82 Å². The fourth-order valence-electron chi connectivity index (χ4n) is 4.86.